The van der Waals surface area contributed by atoms with E-state index in [2.05, 4.69) is 0 Å². The zero-order chi connectivity index (χ0) is 20.5. The number of amides is 1. The van der Waals surface area contributed by atoms with E-state index in [1.807, 2.05) is 6.92 Å². The highest BCUT2D eigenvalue weighted by Crippen LogP contribution is 2.32. The van der Waals surface area contributed by atoms with E-state index in [0.29, 0.717) is 30.2 Å². The largest absolute Gasteiger partial charge is 0.481 e. The van der Waals surface area contributed by atoms with Gasteiger partial charge in [0.05, 0.1) is 4.90 Å². The van der Waals surface area contributed by atoms with E-state index in [9.17, 15) is 13.2 Å². The molecule has 1 heterocycles. The van der Waals surface area contributed by atoms with Crippen LogP contribution in [0.2, 0.25) is 5.02 Å². The van der Waals surface area contributed by atoms with Gasteiger partial charge in [0.25, 0.3) is 5.91 Å². The zero-order valence-corrected chi connectivity index (χ0v) is 17.6. The molecule has 28 heavy (non-hydrogen) atoms. The van der Waals surface area contributed by atoms with Gasteiger partial charge in [0.2, 0.25) is 10.0 Å². The summed E-state index contributed by atoms with van der Waals surface area (Å²) in [5.41, 5.74) is 1.57. The number of benzene rings is 2. The first kappa shape index (κ1) is 20.6. The van der Waals surface area contributed by atoms with Gasteiger partial charge in [-0.05, 0) is 54.8 Å². The summed E-state index contributed by atoms with van der Waals surface area (Å²) < 4.78 is 31.7. The van der Waals surface area contributed by atoms with E-state index in [0.717, 1.165) is 11.3 Å². The first-order chi connectivity index (χ1) is 13.2. The van der Waals surface area contributed by atoms with Gasteiger partial charge in [-0.2, -0.15) is 0 Å². The Morgan fingerprint density at radius 3 is 2.64 bits per heavy atom. The van der Waals surface area contributed by atoms with Crippen molar-refractivity contribution >= 4 is 33.2 Å². The number of anilines is 1. The maximum atomic E-state index is 13.1. The van der Waals surface area contributed by atoms with Gasteiger partial charge in [0.1, 0.15) is 5.75 Å². The first-order valence-electron chi connectivity index (χ1n) is 9.03. The van der Waals surface area contributed by atoms with E-state index >= 15 is 0 Å². The van der Waals surface area contributed by atoms with E-state index in [1.54, 1.807) is 47.4 Å². The average molecular weight is 423 g/mol. The number of ether oxygens (including phenoxy) is 1. The van der Waals surface area contributed by atoms with Crippen molar-refractivity contribution in [2.24, 2.45) is 0 Å². The number of carbonyl (C=O) groups excluding carboxylic acids is 1. The normalized spacial score (nSPS) is 14.8. The van der Waals surface area contributed by atoms with Gasteiger partial charge in [-0.3, -0.25) is 4.79 Å². The molecule has 0 aliphatic carbocycles. The van der Waals surface area contributed by atoms with Gasteiger partial charge < -0.3 is 9.64 Å². The second kappa shape index (κ2) is 8.11. The number of hydrogen-bond donors (Lipinski definition) is 0. The third kappa shape index (κ3) is 4.01. The van der Waals surface area contributed by atoms with E-state index < -0.39 is 16.1 Å². The van der Waals surface area contributed by atoms with Crippen molar-refractivity contribution in [3.05, 3.63) is 53.1 Å². The molecule has 0 N–H and O–H groups in total. The van der Waals surface area contributed by atoms with Crippen LogP contribution in [-0.4, -0.2) is 45.4 Å². The van der Waals surface area contributed by atoms with Crippen LogP contribution in [0.15, 0.2) is 47.4 Å². The Kier molecular flexibility index (Phi) is 5.98. The van der Waals surface area contributed by atoms with Crippen molar-refractivity contribution in [3.8, 4) is 5.75 Å². The Morgan fingerprint density at radius 2 is 2.00 bits per heavy atom. The lowest BCUT2D eigenvalue weighted by atomic mass is 10.1. The third-order valence-corrected chi connectivity index (χ3v) is 6.76. The molecule has 8 heteroatoms. The summed E-state index contributed by atoms with van der Waals surface area (Å²) in [5, 5.41) is 0.543. The third-order valence-electron chi connectivity index (χ3n) is 4.71. The second-order valence-electron chi connectivity index (χ2n) is 6.79. The monoisotopic (exact) mass is 422 g/mol. The van der Waals surface area contributed by atoms with Crippen molar-refractivity contribution in [1.29, 1.82) is 0 Å². The Labute approximate surface area is 170 Å². The highest BCUT2D eigenvalue weighted by molar-refractivity contribution is 7.89. The lowest BCUT2D eigenvalue weighted by molar-refractivity contribution is -0.125. The molecular weight excluding hydrogens is 400 g/mol. The summed E-state index contributed by atoms with van der Waals surface area (Å²) in [5.74, 6) is 0.393. The average Bonchev–Trinajstić information content (AvgIpc) is 3.08. The molecular formula is C20H23ClN2O4S. The topological polar surface area (TPSA) is 66.9 Å². The molecule has 1 aliphatic heterocycles. The molecule has 3 rings (SSSR count). The van der Waals surface area contributed by atoms with Crippen LogP contribution in [0.1, 0.15) is 18.9 Å². The Bertz CT molecular complexity index is 991. The fourth-order valence-corrected chi connectivity index (χ4v) is 4.30. The standard InChI is InChI=1S/C20H23ClN2O4S/c1-4-19(27-16-7-5-6-15(21)13-16)20(24)23-11-10-14-12-17(8-9-18(14)23)28(25,26)22(2)3/h5-9,12-13,19H,4,10-11H2,1-3H3. The maximum absolute atomic E-state index is 13.1. The van der Waals surface area contributed by atoms with Crippen LogP contribution in [0.25, 0.3) is 0 Å². The first-order valence-corrected chi connectivity index (χ1v) is 10.8. The summed E-state index contributed by atoms with van der Waals surface area (Å²) in [6, 6.07) is 11.8. The SMILES string of the molecule is CCC(Oc1cccc(Cl)c1)C(=O)N1CCc2cc(S(=O)(=O)N(C)C)ccc21. The van der Waals surface area contributed by atoms with Crippen LogP contribution >= 0.6 is 11.6 Å². The lowest BCUT2D eigenvalue weighted by Crippen LogP contribution is -2.41. The summed E-state index contributed by atoms with van der Waals surface area (Å²) in [6.45, 7) is 2.38. The van der Waals surface area contributed by atoms with Crippen LogP contribution in [-0.2, 0) is 21.2 Å². The molecule has 0 saturated carbocycles. The summed E-state index contributed by atoms with van der Waals surface area (Å²) in [6.07, 6.45) is 0.463. The van der Waals surface area contributed by atoms with Crippen molar-refractivity contribution in [2.45, 2.75) is 30.8 Å². The van der Waals surface area contributed by atoms with Crippen LogP contribution in [0.4, 0.5) is 5.69 Å². The predicted octanol–water partition coefficient (Wildman–Crippen LogP) is 3.34. The molecule has 2 aromatic carbocycles. The number of rotatable bonds is 6. The fraction of sp³-hybridized carbons (Fsp3) is 0.350. The van der Waals surface area contributed by atoms with Crippen LogP contribution in [0.5, 0.6) is 5.75 Å². The quantitative estimate of drug-likeness (QED) is 0.716. The van der Waals surface area contributed by atoms with Crippen molar-refractivity contribution < 1.29 is 17.9 Å². The van der Waals surface area contributed by atoms with Crippen molar-refractivity contribution in [1.82, 2.24) is 4.31 Å². The minimum Gasteiger partial charge on any atom is -0.481 e. The maximum Gasteiger partial charge on any atom is 0.268 e. The van der Waals surface area contributed by atoms with Gasteiger partial charge in [-0.15, -0.1) is 0 Å². The predicted molar refractivity (Wildman–Crippen MR) is 110 cm³/mol. The number of nitrogens with zero attached hydrogens (tertiary/aromatic N) is 2. The Morgan fingerprint density at radius 1 is 1.25 bits per heavy atom. The second-order valence-corrected chi connectivity index (χ2v) is 9.38. The molecule has 1 amide bonds. The molecule has 6 nitrogen and oxygen atoms in total. The molecule has 0 radical (unpaired) electrons. The number of hydrogen-bond acceptors (Lipinski definition) is 4. The Balaban J connectivity index is 1.83. The molecule has 0 spiro atoms. The van der Waals surface area contributed by atoms with Gasteiger partial charge in [0.15, 0.2) is 6.10 Å². The molecule has 1 aliphatic rings. The molecule has 0 aromatic heterocycles. The van der Waals surface area contributed by atoms with E-state index in [-0.39, 0.29) is 10.8 Å². The molecule has 1 atom stereocenters. The van der Waals surface area contributed by atoms with Gasteiger partial charge in [-0.1, -0.05) is 24.6 Å². The smallest absolute Gasteiger partial charge is 0.268 e. The van der Waals surface area contributed by atoms with Crippen molar-refractivity contribution in [2.75, 3.05) is 25.5 Å². The molecule has 0 saturated heterocycles. The molecule has 2 aromatic rings. The van der Waals surface area contributed by atoms with Crippen LogP contribution in [0.3, 0.4) is 0 Å². The van der Waals surface area contributed by atoms with Crippen LogP contribution < -0.4 is 9.64 Å². The van der Waals surface area contributed by atoms with E-state index in [4.69, 9.17) is 16.3 Å². The van der Waals surface area contributed by atoms with Crippen molar-refractivity contribution in [3.63, 3.8) is 0 Å². The summed E-state index contributed by atoms with van der Waals surface area (Å²) in [4.78, 5) is 15.0. The van der Waals surface area contributed by atoms with Gasteiger partial charge >= 0.3 is 0 Å². The highest BCUT2D eigenvalue weighted by Gasteiger charge is 2.32. The highest BCUT2D eigenvalue weighted by atomic mass is 35.5. The molecule has 0 bridgehead atoms. The number of carbonyl (C=O) groups is 1. The summed E-state index contributed by atoms with van der Waals surface area (Å²) in [7, 11) is -0.514. The molecule has 150 valence electrons. The number of sulfonamides is 1. The Hall–Kier alpha value is -2.09. The minimum absolute atomic E-state index is 0.149. The van der Waals surface area contributed by atoms with Gasteiger partial charge in [0, 0.05) is 31.4 Å². The lowest BCUT2D eigenvalue weighted by Gasteiger charge is -2.24. The van der Waals surface area contributed by atoms with Crippen LogP contribution in [0, 0.1) is 0 Å². The zero-order valence-electron chi connectivity index (χ0n) is 16.1. The number of halogens is 1. The molecule has 1 unspecified atom stereocenters. The number of fused-ring (bicyclic) bond motifs is 1. The fourth-order valence-electron chi connectivity index (χ4n) is 3.17. The van der Waals surface area contributed by atoms with Gasteiger partial charge in [-0.25, -0.2) is 12.7 Å². The minimum atomic E-state index is -3.51. The molecule has 0 fully saturated rings. The summed E-state index contributed by atoms with van der Waals surface area (Å²) >= 11 is 5.99. The van der Waals surface area contributed by atoms with E-state index in [1.165, 1.54) is 18.4 Å².